The van der Waals surface area contributed by atoms with Crippen molar-refractivity contribution in [3.63, 3.8) is 0 Å². The number of nitrogens with one attached hydrogen (secondary N) is 2. The molecule has 2 N–H and O–H groups in total. The second kappa shape index (κ2) is 11.5. The second-order valence-electron chi connectivity index (χ2n) is 8.53. The zero-order valence-electron chi connectivity index (χ0n) is 20.8. The molecular weight excluding hydrogens is 514 g/mol. The van der Waals surface area contributed by atoms with Crippen LogP contribution in [-0.4, -0.2) is 29.2 Å². The zero-order chi connectivity index (χ0) is 26.5. The normalized spacial score (nSPS) is 11.6. The molecule has 190 valence electrons. The van der Waals surface area contributed by atoms with Crippen molar-refractivity contribution in [2.24, 2.45) is 0 Å². The average molecular weight is 540 g/mol. The number of ether oxygens (including phenoxy) is 1. The first-order valence-electron chi connectivity index (χ1n) is 12.0. The predicted octanol–water partition coefficient (Wildman–Crippen LogP) is 7.34. The second-order valence-corrected chi connectivity index (χ2v) is 10.8. The SMILES string of the molecule is COc1ccccc1-c1csc(NC(=O)C(C)Sc2cccc(NC(=O)c3ccc4ccccc4c3)c2)n1. The highest BCUT2D eigenvalue weighted by atomic mass is 32.2. The summed E-state index contributed by atoms with van der Waals surface area (Å²) in [6.45, 7) is 1.84. The van der Waals surface area contributed by atoms with E-state index in [2.05, 4.69) is 15.6 Å². The lowest BCUT2D eigenvalue weighted by Crippen LogP contribution is -2.22. The van der Waals surface area contributed by atoms with Crippen LogP contribution in [0, 0.1) is 0 Å². The van der Waals surface area contributed by atoms with Gasteiger partial charge in [0.25, 0.3) is 5.91 Å². The molecule has 0 aliphatic heterocycles. The fourth-order valence-corrected chi connectivity index (χ4v) is 5.60. The average Bonchev–Trinajstić information content (AvgIpc) is 3.41. The van der Waals surface area contributed by atoms with Crippen LogP contribution in [0.15, 0.2) is 101 Å². The van der Waals surface area contributed by atoms with Gasteiger partial charge in [-0.05, 0) is 60.2 Å². The number of carbonyl (C=O) groups excluding carboxylic acids is 2. The van der Waals surface area contributed by atoms with Gasteiger partial charge in [-0.25, -0.2) is 4.98 Å². The molecule has 1 unspecified atom stereocenters. The Labute approximate surface area is 229 Å². The Morgan fingerprint density at radius 2 is 1.68 bits per heavy atom. The van der Waals surface area contributed by atoms with Gasteiger partial charge in [-0.3, -0.25) is 9.59 Å². The number of rotatable bonds is 8. The van der Waals surface area contributed by atoms with Crippen molar-refractivity contribution in [2.75, 3.05) is 17.7 Å². The molecule has 1 heterocycles. The summed E-state index contributed by atoms with van der Waals surface area (Å²) in [6, 6.07) is 28.7. The van der Waals surface area contributed by atoms with E-state index >= 15 is 0 Å². The Morgan fingerprint density at radius 1 is 0.895 bits per heavy atom. The maximum absolute atomic E-state index is 12.9. The Bertz CT molecular complexity index is 1620. The molecule has 4 aromatic carbocycles. The van der Waals surface area contributed by atoms with E-state index in [-0.39, 0.29) is 17.1 Å². The number of hydrogen-bond acceptors (Lipinski definition) is 6. The molecule has 0 spiro atoms. The van der Waals surface area contributed by atoms with Crippen LogP contribution in [0.3, 0.4) is 0 Å². The number of carbonyl (C=O) groups is 2. The highest BCUT2D eigenvalue weighted by Crippen LogP contribution is 2.33. The van der Waals surface area contributed by atoms with E-state index in [4.69, 9.17) is 4.74 Å². The summed E-state index contributed by atoms with van der Waals surface area (Å²) >= 11 is 2.78. The molecule has 2 amide bonds. The van der Waals surface area contributed by atoms with Crippen LogP contribution in [0.25, 0.3) is 22.0 Å². The topological polar surface area (TPSA) is 80.3 Å². The zero-order valence-corrected chi connectivity index (χ0v) is 22.4. The number of thiazole rings is 1. The monoisotopic (exact) mass is 539 g/mol. The van der Waals surface area contributed by atoms with Gasteiger partial charge in [-0.2, -0.15) is 0 Å². The minimum absolute atomic E-state index is 0.151. The van der Waals surface area contributed by atoms with Gasteiger partial charge in [0.15, 0.2) is 5.13 Å². The van der Waals surface area contributed by atoms with Gasteiger partial charge in [0.05, 0.1) is 18.1 Å². The number of anilines is 2. The summed E-state index contributed by atoms with van der Waals surface area (Å²) in [4.78, 5) is 31.2. The standard InChI is InChI=1S/C30H25N3O3S2/c1-19(28(34)33-30-32-26(18-37-30)25-12-5-6-13-27(25)36-2)38-24-11-7-10-23(17-24)31-29(35)22-15-14-20-8-3-4-9-21(20)16-22/h3-19H,1-2H3,(H,31,35)(H,32,33,34). The highest BCUT2D eigenvalue weighted by Gasteiger charge is 2.18. The van der Waals surface area contributed by atoms with Crippen molar-refractivity contribution < 1.29 is 14.3 Å². The lowest BCUT2D eigenvalue weighted by atomic mass is 10.1. The molecule has 0 fully saturated rings. The van der Waals surface area contributed by atoms with Crippen LogP contribution in [0.4, 0.5) is 10.8 Å². The minimum atomic E-state index is -0.375. The smallest absolute Gasteiger partial charge is 0.255 e. The van der Waals surface area contributed by atoms with Crippen molar-refractivity contribution in [1.29, 1.82) is 0 Å². The maximum atomic E-state index is 12.9. The molecule has 0 saturated carbocycles. The number of thioether (sulfide) groups is 1. The molecule has 6 nitrogen and oxygen atoms in total. The fourth-order valence-electron chi connectivity index (χ4n) is 3.96. The number of aromatic nitrogens is 1. The van der Waals surface area contributed by atoms with E-state index in [0.29, 0.717) is 16.4 Å². The van der Waals surface area contributed by atoms with Gasteiger partial charge in [-0.1, -0.05) is 48.5 Å². The lowest BCUT2D eigenvalue weighted by molar-refractivity contribution is -0.115. The number of hydrogen-bond donors (Lipinski definition) is 2. The van der Waals surface area contributed by atoms with Gasteiger partial charge in [0.1, 0.15) is 5.75 Å². The van der Waals surface area contributed by atoms with E-state index < -0.39 is 0 Å². The lowest BCUT2D eigenvalue weighted by Gasteiger charge is -2.12. The van der Waals surface area contributed by atoms with Crippen LogP contribution >= 0.6 is 23.1 Å². The minimum Gasteiger partial charge on any atom is -0.496 e. The summed E-state index contributed by atoms with van der Waals surface area (Å²) in [5.74, 6) is 0.395. The molecule has 0 aliphatic rings. The first-order valence-corrected chi connectivity index (χ1v) is 13.7. The summed E-state index contributed by atoms with van der Waals surface area (Å²) in [6.07, 6.45) is 0. The van der Waals surface area contributed by atoms with E-state index in [1.54, 1.807) is 7.11 Å². The van der Waals surface area contributed by atoms with Gasteiger partial charge in [0.2, 0.25) is 5.91 Å². The Morgan fingerprint density at radius 3 is 2.53 bits per heavy atom. The first-order chi connectivity index (χ1) is 18.5. The molecule has 5 aromatic rings. The summed E-state index contributed by atoms with van der Waals surface area (Å²) in [5.41, 5.74) is 2.88. The van der Waals surface area contributed by atoms with Crippen LogP contribution in [0.1, 0.15) is 17.3 Å². The third kappa shape index (κ3) is 5.88. The van der Waals surface area contributed by atoms with E-state index in [1.165, 1.54) is 23.1 Å². The Hall–Kier alpha value is -4.14. The van der Waals surface area contributed by atoms with Gasteiger partial charge in [-0.15, -0.1) is 23.1 Å². The van der Waals surface area contributed by atoms with Gasteiger partial charge >= 0.3 is 0 Å². The molecule has 0 radical (unpaired) electrons. The summed E-state index contributed by atoms with van der Waals surface area (Å²) < 4.78 is 5.42. The van der Waals surface area contributed by atoms with E-state index in [1.807, 2.05) is 103 Å². The van der Waals surface area contributed by atoms with Crippen molar-refractivity contribution in [3.8, 4) is 17.0 Å². The van der Waals surface area contributed by atoms with Crippen LogP contribution in [-0.2, 0) is 4.79 Å². The van der Waals surface area contributed by atoms with E-state index in [0.717, 1.165) is 32.7 Å². The molecule has 1 atom stereocenters. The first kappa shape index (κ1) is 25.5. The largest absolute Gasteiger partial charge is 0.496 e. The molecule has 0 saturated heterocycles. The molecule has 0 bridgehead atoms. The predicted molar refractivity (Wildman–Crippen MR) is 156 cm³/mol. The molecular formula is C30H25N3O3S2. The van der Waals surface area contributed by atoms with Crippen molar-refractivity contribution in [1.82, 2.24) is 4.98 Å². The maximum Gasteiger partial charge on any atom is 0.255 e. The number of methoxy groups -OCH3 is 1. The van der Waals surface area contributed by atoms with Crippen LogP contribution in [0.5, 0.6) is 5.75 Å². The van der Waals surface area contributed by atoms with E-state index in [9.17, 15) is 9.59 Å². The van der Waals surface area contributed by atoms with Crippen LogP contribution < -0.4 is 15.4 Å². The summed E-state index contributed by atoms with van der Waals surface area (Å²) in [7, 11) is 1.62. The Balaban J connectivity index is 1.21. The molecule has 38 heavy (non-hydrogen) atoms. The van der Waals surface area contributed by atoms with Crippen molar-refractivity contribution >= 4 is 56.5 Å². The van der Waals surface area contributed by atoms with Crippen molar-refractivity contribution in [2.45, 2.75) is 17.1 Å². The summed E-state index contributed by atoms with van der Waals surface area (Å²) in [5, 5.41) is 10.0. The quantitative estimate of drug-likeness (QED) is 0.202. The fraction of sp³-hybridized carbons (Fsp3) is 0.100. The highest BCUT2D eigenvalue weighted by molar-refractivity contribution is 8.00. The number of para-hydroxylation sites is 1. The van der Waals surface area contributed by atoms with Crippen molar-refractivity contribution in [3.05, 3.63) is 102 Å². The molecule has 5 rings (SSSR count). The number of fused-ring (bicyclic) bond motifs is 1. The molecule has 0 aliphatic carbocycles. The van der Waals surface area contributed by atoms with Gasteiger partial charge < -0.3 is 15.4 Å². The van der Waals surface area contributed by atoms with Crippen LogP contribution in [0.2, 0.25) is 0 Å². The number of amides is 2. The number of nitrogens with zero attached hydrogens (tertiary/aromatic N) is 1. The Kier molecular flexibility index (Phi) is 7.72. The third-order valence-corrected chi connectivity index (χ3v) is 7.75. The number of benzene rings is 4. The van der Waals surface area contributed by atoms with Gasteiger partial charge in [0, 0.05) is 27.1 Å². The third-order valence-electron chi connectivity index (χ3n) is 5.90. The molecule has 1 aromatic heterocycles. The molecule has 8 heteroatoms.